The van der Waals surface area contributed by atoms with Gasteiger partial charge in [0.05, 0.1) is 0 Å². The van der Waals surface area contributed by atoms with Crippen LogP contribution < -0.4 is 5.73 Å². The highest BCUT2D eigenvalue weighted by Gasteiger charge is 2.42. The van der Waals surface area contributed by atoms with Crippen LogP contribution in [0, 0.1) is 0 Å². The van der Waals surface area contributed by atoms with Crippen molar-refractivity contribution in [1.29, 1.82) is 0 Å². The van der Waals surface area contributed by atoms with Crippen LogP contribution in [0.5, 0.6) is 0 Å². The number of fused-ring (bicyclic) bond motifs is 1. The van der Waals surface area contributed by atoms with Crippen molar-refractivity contribution in [2.75, 3.05) is 19.6 Å². The Morgan fingerprint density at radius 3 is 1.94 bits per heavy atom. The first-order chi connectivity index (χ1) is 7.82. The van der Waals surface area contributed by atoms with Gasteiger partial charge in [0.1, 0.15) is 0 Å². The van der Waals surface area contributed by atoms with E-state index in [0.29, 0.717) is 5.54 Å². The van der Waals surface area contributed by atoms with E-state index in [1.165, 1.54) is 38.8 Å². The van der Waals surface area contributed by atoms with Crippen LogP contribution in [0.3, 0.4) is 0 Å². The second kappa shape index (κ2) is 5.22. The molecule has 0 radical (unpaired) electrons. The van der Waals surface area contributed by atoms with Crippen molar-refractivity contribution >= 4 is 5.97 Å². The summed E-state index contributed by atoms with van der Waals surface area (Å²) in [5.74, 6) is -2.76. The number of halogens is 3. The molecular formula is C10H17F3N2O2. The monoisotopic (exact) mass is 254 g/mol. The van der Waals surface area contributed by atoms with E-state index in [4.69, 9.17) is 15.6 Å². The molecule has 17 heavy (non-hydrogen) atoms. The van der Waals surface area contributed by atoms with Gasteiger partial charge in [0.15, 0.2) is 0 Å². The summed E-state index contributed by atoms with van der Waals surface area (Å²) in [6, 6.07) is 0. The molecule has 0 spiro atoms. The predicted molar refractivity (Wildman–Crippen MR) is 55.5 cm³/mol. The Bertz CT molecular complexity index is 271. The molecule has 0 aromatic rings. The number of carboxylic acid groups (broad SMARTS) is 1. The zero-order valence-corrected chi connectivity index (χ0v) is 9.46. The topological polar surface area (TPSA) is 66.6 Å². The zero-order chi connectivity index (χ0) is 13.1. The lowest BCUT2D eigenvalue weighted by Gasteiger charge is -2.30. The van der Waals surface area contributed by atoms with Gasteiger partial charge in [-0.2, -0.15) is 13.2 Å². The Balaban J connectivity index is 0.000000185. The summed E-state index contributed by atoms with van der Waals surface area (Å²) in [7, 11) is 0. The predicted octanol–water partition coefficient (Wildman–Crippen LogP) is 1.21. The molecule has 3 N–H and O–H groups in total. The Kier molecular flexibility index (Phi) is 4.37. The average molecular weight is 254 g/mol. The highest BCUT2D eigenvalue weighted by atomic mass is 19.4. The van der Waals surface area contributed by atoms with Gasteiger partial charge in [0, 0.05) is 12.1 Å². The molecule has 2 rings (SSSR count). The van der Waals surface area contributed by atoms with E-state index in [1.807, 2.05) is 0 Å². The standard InChI is InChI=1S/C8H16N2.C2HF3O2/c9-7-8-3-1-5-10(8)6-2-4-8;3-2(4,5)1(6)7/h1-7,9H2;(H,6,7). The smallest absolute Gasteiger partial charge is 0.475 e. The second-order valence-electron chi connectivity index (χ2n) is 4.43. The number of carboxylic acids is 1. The van der Waals surface area contributed by atoms with Crippen molar-refractivity contribution in [1.82, 2.24) is 4.90 Å². The quantitative estimate of drug-likeness (QED) is 0.738. The largest absolute Gasteiger partial charge is 0.490 e. The molecule has 2 aliphatic rings. The van der Waals surface area contributed by atoms with Gasteiger partial charge < -0.3 is 10.8 Å². The number of hydrogen-bond donors (Lipinski definition) is 2. The summed E-state index contributed by atoms with van der Waals surface area (Å²) >= 11 is 0. The Labute approximate surface area is 97.6 Å². The molecule has 0 aromatic heterocycles. The Morgan fingerprint density at radius 1 is 1.29 bits per heavy atom. The third-order valence-corrected chi connectivity index (χ3v) is 3.43. The maximum Gasteiger partial charge on any atom is 0.490 e. The molecule has 7 heteroatoms. The third kappa shape index (κ3) is 3.32. The first-order valence-electron chi connectivity index (χ1n) is 5.57. The highest BCUT2D eigenvalue weighted by Crippen LogP contribution is 2.37. The SMILES string of the molecule is NCC12CCCN1CCC2.O=C(O)C(F)(F)F. The lowest BCUT2D eigenvalue weighted by molar-refractivity contribution is -0.192. The lowest BCUT2D eigenvalue weighted by atomic mass is 9.95. The van der Waals surface area contributed by atoms with Crippen molar-refractivity contribution in [3.63, 3.8) is 0 Å². The van der Waals surface area contributed by atoms with Crippen molar-refractivity contribution in [2.45, 2.75) is 37.4 Å². The van der Waals surface area contributed by atoms with Gasteiger partial charge in [-0.15, -0.1) is 0 Å². The van der Waals surface area contributed by atoms with Crippen molar-refractivity contribution in [3.8, 4) is 0 Å². The summed E-state index contributed by atoms with van der Waals surface area (Å²) in [5, 5.41) is 7.12. The molecule has 2 heterocycles. The summed E-state index contributed by atoms with van der Waals surface area (Å²) in [4.78, 5) is 11.5. The molecule has 2 aliphatic heterocycles. The van der Waals surface area contributed by atoms with Crippen LogP contribution in [0.1, 0.15) is 25.7 Å². The molecule has 0 aliphatic carbocycles. The molecule has 2 fully saturated rings. The van der Waals surface area contributed by atoms with E-state index < -0.39 is 12.1 Å². The van der Waals surface area contributed by atoms with Gasteiger partial charge in [-0.05, 0) is 38.8 Å². The number of aliphatic carboxylic acids is 1. The average Bonchev–Trinajstić information content (AvgIpc) is 2.74. The molecule has 0 saturated carbocycles. The van der Waals surface area contributed by atoms with E-state index in [9.17, 15) is 13.2 Å². The summed E-state index contributed by atoms with van der Waals surface area (Å²) in [6.45, 7) is 3.49. The van der Waals surface area contributed by atoms with Crippen molar-refractivity contribution in [2.24, 2.45) is 5.73 Å². The Morgan fingerprint density at radius 2 is 1.71 bits per heavy atom. The van der Waals surface area contributed by atoms with Gasteiger partial charge in [-0.25, -0.2) is 4.79 Å². The van der Waals surface area contributed by atoms with E-state index >= 15 is 0 Å². The molecule has 0 aromatic carbocycles. The number of alkyl halides is 3. The third-order valence-electron chi connectivity index (χ3n) is 3.43. The number of rotatable bonds is 1. The first kappa shape index (κ1) is 14.2. The Hall–Kier alpha value is -0.820. The molecule has 2 saturated heterocycles. The fraction of sp³-hybridized carbons (Fsp3) is 0.900. The molecule has 100 valence electrons. The summed E-state index contributed by atoms with van der Waals surface area (Å²) in [6.07, 6.45) is 0.362. The van der Waals surface area contributed by atoms with Crippen LogP contribution in [0.4, 0.5) is 13.2 Å². The number of carbonyl (C=O) groups is 1. The van der Waals surface area contributed by atoms with E-state index in [-0.39, 0.29) is 0 Å². The van der Waals surface area contributed by atoms with Gasteiger partial charge in [0.25, 0.3) is 0 Å². The number of hydrogen-bond acceptors (Lipinski definition) is 3. The van der Waals surface area contributed by atoms with Crippen molar-refractivity contribution < 1.29 is 23.1 Å². The summed E-state index contributed by atoms with van der Waals surface area (Å²) in [5.41, 5.74) is 6.23. The van der Waals surface area contributed by atoms with Crippen LogP contribution in [0.15, 0.2) is 0 Å². The van der Waals surface area contributed by atoms with E-state index in [1.54, 1.807) is 0 Å². The number of nitrogens with two attached hydrogens (primary N) is 1. The molecule has 0 atom stereocenters. The van der Waals surface area contributed by atoms with Gasteiger partial charge in [-0.3, -0.25) is 4.90 Å². The first-order valence-corrected chi connectivity index (χ1v) is 5.57. The fourth-order valence-corrected chi connectivity index (χ4v) is 2.56. The van der Waals surface area contributed by atoms with Gasteiger partial charge in [0.2, 0.25) is 0 Å². The highest BCUT2D eigenvalue weighted by molar-refractivity contribution is 5.73. The zero-order valence-electron chi connectivity index (χ0n) is 9.46. The van der Waals surface area contributed by atoms with Crippen LogP contribution in [0.2, 0.25) is 0 Å². The normalized spacial score (nSPS) is 22.8. The minimum Gasteiger partial charge on any atom is -0.475 e. The number of nitrogens with zero attached hydrogens (tertiary/aromatic N) is 1. The van der Waals surface area contributed by atoms with Crippen LogP contribution >= 0.6 is 0 Å². The maximum atomic E-state index is 10.6. The van der Waals surface area contributed by atoms with E-state index in [0.717, 1.165) is 6.54 Å². The lowest BCUT2D eigenvalue weighted by Crippen LogP contribution is -2.44. The molecule has 4 nitrogen and oxygen atoms in total. The minimum atomic E-state index is -5.08. The van der Waals surface area contributed by atoms with Crippen molar-refractivity contribution in [3.05, 3.63) is 0 Å². The summed E-state index contributed by atoms with van der Waals surface area (Å²) < 4.78 is 31.7. The minimum absolute atomic E-state index is 0.458. The van der Waals surface area contributed by atoms with Gasteiger partial charge in [-0.1, -0.05) is 0 Å². The second-order valence-corrected chi connectivity index (χ2v) is 4.43. The molecule has 0 amide bonds. The molecular weight excluding hydrogens is 237 g/mol. The van der Waals surface area contributed by atoms with Crippen LogP contribution in [0.25, 0.3) is 0 Å². The molecule has 0 unspecified atom stereocenters. The maximum absolute atomic E-state index is 10.6. The molecule has 0 bridgehead atoms. The fourth-order valence-electron chi connectivity index (χ4n) is 2.56. The van der Waals surface area contributed by atoms with Crippen LogP contribution in [-0.4, -0.2) is 47.3 Å². The van der Waals surface area contributed by atoms with Crippen LogP contribution in [-0.2, 0) is 4.79 Å². The van der Waals surface area contributed by atoms with E-state index in [2.05, 4.69) is 4.90 Å². The van der Waals surface area contributed by atoms with Gasteiger partial charge >= 0.3 is 12.1 Å².